The van der Waals surface area contributed by atoms with Crippen molar-refractivity contribution in [1.82, 2.24) is 0 Å². The molecule has 0 aromatic carbocycles. The van der Waals surface area contributed by atoms with Crippen LogP contribution >= 0.6 is 0 Å². The molecule has 1 atom stereocenters. The van der Waals surface area contributed by atoms with Crippen LogP contribution in [0.2, 0.25) is 0 Å². The zero-order valence-electron chi connectivity index (χ0n) is 3.79. The summed E-state index contributed by atoms with van der Waals surface area (Å²) in [7, 11) is 0. The highest BCUT2D eigenvalue weighted by molar-refractivity contribution is 7.72. The molecule has 0 amide bonds. The maximum atomic E-state index is 9.75. The van der Waals surface area contributed by atoms with E-state index in [0.29, 0.717) is 0 Å². The Hall–Kier alpha value is -0.220. The highest BCUT2D eigenvalue weighted by Crippen LogP contribution is 1.71. The lowest BCUT2D eigenvalue weighted by molar-refractivity contribution is -0.344. The molecule has 0 rings (SSSR count). The fourth-order valence-electron chi connectivity index (χ4n) is 0.0745. The van der Waals surface area contributed by atoms with Gasteiger partial charge in [0.1, 0.15) is 6.72 Å². The van der Waals surface area contributed by atoms with Gasteiger partial charge >= 0.3 is 0 Å². The Morgan fingerprint density at radius 3 is 2.29 bits per heavy atom. The predicted molar refractivity (Wildman–Crippen MR) is 26.5 cm³/mol. The third kappa shape index (κ3) is 2.47. The summed E-state index contributed by atoms with van der Waals surface area (Å²) in [5.41, 5.74) is 0. The third-order valence-corrected chi connectivity index (χ3v) is 1.06. The minimum atomic E-state index is -2.20. The Balaban J connectivity index is 3.58. The van der Waals surface area contributed by atoms with Crippen molar-refractivity contribution in [2.24, 2.45) is 0 Å². The first kappa shape index (κ1) is 6.78. The van der Waals surface area contributed by atoms with Gasteiger partial charge in [-0.15, -0.1) is 0 Å². The Kier molecular flexibility index (Phi) is 2.78. The molecule has 7 heavy (non-hydrogen) atoms. The van der Waals surface area contributed by atoms with Crippen molar-refractivity contribution in [1.29, 1.82) is 0 Å². The van der Waals surface area contributed by atoms with Gasteiger partial charge < -0.3 is 4.55 Å². The molecular weight excluding hydrogens is 114 g/mol. The van der Waals surface area contributed by atoms with Gasteiger partial charge in [0.15, 0.2) is 6.54 Å². The lowest BCUT2D eigenvalue weighted by Crippen LogP contribution is -2.10. The van der Waals surface area contributed by atoms with Crippen molar-refractivity contribution in [3.8, 4) is 0 Å². The van der Waals surface area contributed by atoms with Gasteiger partial charge in [0.05, 0.1) is 0 Å². The van der Waals surface area contributed by atoms with Crippen LogP contribution in [0.15, 0.2) is 0 Å². The minimum Gasteiger partial charge on any atom is -0.716 e. The SMILES string of the molecule is [CH2]C[N+](=C)S(=O)[O-]. The largest absolute Gasteiger partial charge is 0.716 e. The molecule has 41 valence electrons. The zero-order chi connectivity index (χ0) is 5.86. The van der Waals surface area contributed by atoms with Crippen LogP contribution in [0.3, 0.4) is 0 Å². The summed E-state index contributed by atoms with van der Waals surface area (Å²) >= 11 is -2.20. The van der Waals surface area contributed by atoms with Gasteiger partial charge in [-0.25, -0.2) is 4.21 Å². The molecule has 0 bridgehead atoms. The van der Waals surface area contributed by atoms with Crippen molar-refractivity contribution in [2.45, 2.75) is 0 Å². The van der Waals surface area contributed by atoms with E-state index in [1.807, 2.05) is 0 Å². The van der Waals surface area contributed by atoms with Crippen LogP contribution in [0.1, 0.15) is 0 Å². The Morgan fingerprint density at radius 1 is 1.86 bits per heavy atom. The predicted octanol–water partition coefficient (Wildman–Crippen LogP) is -0.672. The number of hydrogen-bond donors (Lipinski definition) is 0. The van der Waals surface area contributed by atoms with Gasteiger partial charge in [-0.2, -0.15) is 3.98 Å². The molecule has 0 N–H and O–H groups in total. The topological polar surface area (TPSA) is 43.1 Å². The first-order valence-corrected chi connectivity index (χ1v) is 2.68. The van der Waals surface area contributed by atoms with Gasteiger partial charge in [0.2, 0.25) is 11.3 Å². The van der Waals surface area contributed by atoms with Crippen LogP contribution in [0.4, 0.5) is 0 Å². The van der Waals surface area contributed by atoms with Gasteiger partial charge in [0.25, 0.3) is 0 Å². The summed E-state index contributed by atoms with van der Waals surface area (Å²) in [4.78, 5) is 0. The Morgan fingerprint density at radius 2 is 2.29 bits per heavy atom. The van der Waals surface area contributed by atoms with E-state index in [4.69, 9.17) is 0 Å². The van der Waals surface area contributed by atoms with E-state index in [1.165, 1.54) is 0 Å². The molecule has 0 aliphatic rings. The molecule has 0 spiro atoms. The van der Waals surface area contributed by atoms with Crippen LogP contribution in [0.25, 0.3) is 0 Å². The van der Waals surface area contributed by atoms with Gasteiger partial charge in [-0.1, -0.05) is 0 Å². The Labute approximate surface area is 45.1 Å². The Bertz CT molecular complexity index is 101. The van der Waals surface area contributed by atoms with Crippen molar-refractivity contribution >= 4 is 18.0 Å². The molecule has 0 aliphatic heterocycles. The summed E-state index contributed by atoms with van der Waals surface area (Å²) in [6, 6.07) is 0. The lowest BCUT2D eigenvalue weighted by Gasteiger charge is -1.95. The summed E-state index contributed by atoms with van der Waals surface area (Å²) in [5.74, 6) is 0. The first-order chi connectivity index (χ1) is 3.18. The van der Waals surface area contributed by atoms with E-state index in [0.717, 1.165) is 3.98 Å². The minimum absolute atomic E-state index is 0.177. The van der Waals surface area contributed by atoms with Gasteiger partial charge in [-0.3, -0.25) is 0 Å². The standard InChI is InChI=1S/C3H6NO2S/c1-3-4(2)7(5)6/h1-3H2. The highest BCUT2D eigenvalue weighted by atomic mass is 32.2. The normalized spacial score (nSPS) is 13.4. The van der Waals surface area contributed by atoms with Crippen LogP contribution < -0.4 is 0 Å². The maximum Gasteiger partial charge on any atom is 0.225 e. The first-order valence-electron chi connectivity index (χ1n) is 1.65. The van der Waals surface area contributed by atoms with Gasteiger partial charge in [-0.05, 0) is 0 Å². The smallest absolute Gasteiger partial charge is 0.225 e. The molecule has 3 nitrogen and oxygen atoms in total. The molecule has 1 unspecified atom stereocenters. The fourth-order valence-corrected chi connectivity index (χ4v) is 0.224. The van der Waals surface area contributed by atoms with E-state index < -0.39 is 11.3 Å². The van der Waals surface area contributed by atoms with E-state index in [2.05, 4.69) is 13.6 Å². The third-order valence-electron chi connectivity index (χ3n) is 0.460. The van der Waals surface area contributed by atoms with Gasteiger partial charge in [0, 0.05) is 6.92 Å². The lowest BCUT2D eigenvalue weighted by atomic mass is 10.8. The quantitative estimate of drug-likeness (QED) is 0.275. The molecule has 4 heteroatoms. The molecule has 0 saturated heterocycles. The summed E-state index contributed by atoms with van der Waals surface area (Å²) in [6.07, 6.45) is 0. The number of nitrogens with zero attached hydrogens (tertiary/aromatic N) is 1. The van der Waals surface area contributed by atoms with E-state index in [9.17, 15) is 8.76 Å². The highest BCUT2D eigenvalue weighted by Gasteiger charge is 1.90. The molecule has 0 heterocycles. The molecule has 1 radical (unpaired) electrons. The summed E-state index contributed by atoms with van der Waals surface area (Å²) in [6.45, 7) is 6.57. The second-order valence-corrected chi connectivity index (χ2v) is 1.87. The van der Waals surface area contributed by atoms with E-state index in [1.54, 1.807) is 0 Å². The number of rotatable bonds is 2. The van der Waals surface area contributed by atoms with Crippen LogP contribution in [0, 0.1) is 6.92 Å². The van der Waals surface area contributed by atoms with E-state index >= 15 is 0 Å². The zero-order valence-corrected chi connectivity index (χ0v) is 4.61. The number of hydrogen-bond acceptors (Lipinski definition) is 2. The second kappa shape index (κ2) is 2.87. The second-order valence-electron chi connectivity index (χ2n) is 0.923. The average Bonchev–Trinajstić information content (AvgIpc) is 1.65. The van der Waals surface area contributed by atoms with E-state index in [-0.39, 0.29) is 6.54 Å². The fraction of sp³-hybridized carbons (Fsp3) is 0.333. The van der Waals surface area contributed by atoms with Crippen molar-refractivity contribution in [2.75, 3.05) is 6.54 Å². The van der Waals surface area contributed by atoms with Crippen LogP contribution in [-0.2, 0) is 11.3 Å². The summed E-state index contributed by atoms with van der Waals surface area (Å²) in [5, 5.41) is 0. The molecule has 0 aliphatic carbocycles. The maximum absolute atomic E-state index is 9.75. The molecule has 0 saturated carbocycles. The van der Waals surface area contributed by atoms with Crippen molar-refractivity contribution < 1.29 is 12.7 Å². The molecule has 0 aromatic rings. The van der Waals surface area contributed by atoms with Crippen molar-refractivity contribution in [3.63, 3.8) is 0 Å². The monoisotopic (exact) mass is 120 g/mol. The van der Waals surface area contributed by atoms with Crippen LogP contribution in [-0.4, -0.2) is 26.0 Å². The molecular formula is C3H6NO2S. The molecule has 0 fully saturated rings. The average molecular weight is 120 g/mol. The summed E-state index contributed by atoms with van der Waals surface area (Å²) < 4.78 is 20.4. The van der Waals surface area contributed by atoms with Crippen LogP contribution in [0.5, 0.6) is 0 Å². The molecule has 0 aromatic heterocycles. The van der Waals surface area contributed by atoms with Crippen molar-refractivity contribution in [3.05, 3.63) is 6.92 Å².